The quantitative estimate of drug-likeness (QED) is 0.0655. The van der Waals surface area contributed by atoms with E-state index in [1.54, 1.807) is 63.5 Å². The molecule has 0 bridgehead atoms. The number of fused-ring (bicyclic) bond motifs is 1. The number of methoxy groups -OCH3 is 2. The van der Waals surface area contributed by atoms with E-state index in [2.05, 4.69) is 15.0 Å². The Bertz CT molecular complexity index is 2350. The van der Waals surface area contributed by atoms with Crippen LogP contribution in [0.15, 0.2) is 125 Å². The maximum absolute atomic E-state index is 13.9. The van der Waals surface area contributed by atoms with Gasteiger partial charge in [0.25, 0.3) is 5.56 Å². The fraction of sp³-hybridized carbons (Fsp3) is 0.279. The van der Waals surface area contributed by atoms with Crippen LogP contribution in [0.1, 0.15) is 33.3 Å². The number of aliphatic hydroxyl groups is 2. The SMILES string of the molecule is COc1ccc(C(OC[C@H]2O[C@@H](n3cnc4c(=O)n(CCOC(=O)c5ccccc5)c(N=CN(C)C)nc43)[C@H](O)[C@@H]2O)(c2ccccc2)c2ccc(OC)cc2)cc1. The molecule has 0 spiro atoms. The maximum atomic E-state index is 13.9. The van der Waals surface area contributed by atoms with Gasteiger partial charge >= 0.3 is 5.97 Å². The number of carbonyl (C=O) groups is 1. The molecule has 0 unspecified atom stereocenters. The van der Waals surface area contributed by atoms with Crippen molar-refractivity contribution >= 4 is 29.4 Å². The second-order valence-corrected chi connectivity index (χ2v) is 13.8. The summed E-state index contributed by atoms with van der Waals surface area (Å²) in [7, 11) is 6.72. The van der Waals surface area contributed by atoms with Crippen molar-refractivity contribution in [3.8, 4) is 11.5 Å². The molecule has 3 heterocycles. The van der Waals surface area contributed by atoms with Crippen molar-refractivity contribution < 1.29 is 38.7 Å². The number of hydrogen-bond acceptors (Lipinski definition) is 12. The summed E-state index contributed by atoms with van der Waals surface area (Å²) in [4.78, 5) is 41.6. The average Bonchev–Trinajstić information content (AvgIpc) is 3.81. The first kappa shape index (κ1) is 39.8. The van der Waals surface area contributed by atoms with Gasteiger partial charge in [0.05, 0.1) is 45.6 Å². The lowest BCUT2D eigenvalue weighted by Crippen LogP contribution is -2.39. The maximum Gasteiger partial charge on any atom is 0.338 e. The van der Waals surface area contributed by atoms with E-state index in [9.17, 15) is 19.8 Å². The lowest BCUT2D eigenvalue weighted by Gasteiger charge is -2.37. The van der Waals surface area contributed by atoms with Gasteiger partial charge in [0.1, 0.15) is 42.0 Å². The van der Waals surface area contributed by atoms with E-state index < -0.39 is 41.7 Å². The van der Waals surface area contributed by atoms with E-state index in [0.29, 0.717) is 17.1 Å². The second-order valence-electron chi connectivity index (χ2n) is 13.8. The Morgan fingerprint density at radius 1 is 0.862 bits per heavy atom. The fourth-order valence-electron chi connectivity index (χ4n) is 6.91. The number of nitrogens with zero attached hydrogens (tertiary/aromatic N) is 6. The third kappa shape index (κ3) is 7.93. The van der Waals surface area contributed by atoms with Crippen molar-refractivity contribution in [1.29, 1.82) is 0 Å². The molecule has 1 aliphatic heterocycles. The molecule has 1 saturated heterocycles. The molecule has 15 heteroatoms. The number of esters is 1. The van der Waals surface area contributed by atoms with Gasteiger partial charge in [0.15, 0.2) is 17.4 Å². The van der Waals surface area contributed by atoms with Crippen LogP contribution in [-0.4, -0.2) is 106 Å². The van der Waals surface area contributed by atoms with Gasteiger partial charge in [-0.15, -0.1) is 0 Å². The molecule has 6 aromatic rings. The van der Waals surface area contributed by atoms with Crippen molar-refractivity contribution in [3.63, 3.8) is 0 Å². The van der Waals surface area contributed by atoms with Gasteiger partial charge in [0.2, 0.25) is 5.95 Å². The molecular weight excluding hydrogens is 745 g/mol. The molecule has 7 rings (SSSR count). The third-order valence-corrected chi connectivity index (χ3v) is 9.87. The minimum absolute atomic E-state index is 0.00302. The van der Waals surface area contributed by atoms with Gasteiger partial charge in [-0.1, -0.05) is 72.8 Å². The highest BCUT2D eigenvalue weighted by Crippen LogP contribution is 2.43. The second kappa shape index (κ2) is 17.4. The summed E-state index contributed by atoms with van der Waals surface area (Å²) in [5.41, 5.74) is 0.996. The monoisotopic (exact) mass is 788 g/mol. The van der Waals surface area contributed by atoms with Gasteiger partial charge in [0, 0.05) is 14.1 Å². The Labute approximate surface area is 334 Å². The lowest BCUT2D eigenvalue weighted by atomic mass is 9.80. The Morgan fingerprint density at radius 3 is 2.03 bits per heavy atom. The molecule has 1 fully saturated rings. The molecular formula is C43H44N6O9. The van der Waals surface area contributed by atoms with Gasteiger partial charge in [-0.3, -0.25) is 13.9 Å². The third-order valence-electron chi connectivity index (χ3n) is 9.87. The highest BCUT2D eigenvalue weighted by Gasteiger charge is 2.47. The lowest BCUT2D eigenvalue weighted by molar-refractivity contribution is -0.0942. The zero-order valence-electron chi connectivity index (χ0n) is 32.4. The zero-order chi connectivity index (χ0) is 40.8. The number of rotatable bonds is 15. The van der Waals surface area contributed by atoms with Crippen LogP contribution in [0.2, 0.25) is 0 Å². The molecule has 58 heavy (non-hydrogen) atoms. The molecule has 1 aliphatic rings. The van der Waals surface area contributed by atoms with Gasteiger partial charge < -0.3 is 38.8 Å². The Balaban J connectivity index is 1.20. The summed E-state index contributed by atoms with van der Waals surface area (Å²) in [6.07, 6.45) is -2.32. The first-order valence-electron chi connectivity index (χ1n) is 18.5. The number of aliphatic hydroxyl groups excluding tert-OH is 2. The first-order chi connectivity index (χ1) is 28.1. The summed E-state index contributed by atoms with van der Waals surface area (Å²) in [6, 6.07) is 33.2. The van der Waals surface area contributed by atoms with Gasteiger partial charge in [-0.25, -0.2) is 14.8 Å². The standard InChI is InChI=1S/C43H44N6O9/c1-47(2)26-45-42-46-38-35(39(52)48(42)23-24-56-41(53)28-11-7-5-8-12-28)44-27-49(38)40-37(51)36(50)34(58-40)25-57-43(29-13-9-6-10-14-29,30-15-19-32(54-3)20-16-30)31-17-21-33(55-4)22-18-31/h5-22,26-27,34,36-37,40,50-51H,23-25H2,1-4H3/t34-,36-,37-,40-/m1/s1. The molecule has 0 amide bonds. The number of aromatic nitrogens is 4. The summed E-state index contributed by atoms with van der Waals surface area (Å²) in [5, 5.41) is 23.0. The molecule has 2 N–H and O–H groups in total. The molecule has 2 aromatic heterocycles. The summed E-state index contributed by atoms with van der Waals surface area (Å²) in [5.74, 6) is 0.791. The van der Waals surface area contributed by atoms with Gasteiger partial charge in [-0.05, 0) is 53.1 Å². The van der Waals surface area contributed by atoms with Crippen LogP contribution in [0.25, 0.3) is 11.2 Å². The van der Waals surface area contributed by atoms with Crippen LogP contribution >= 0.6 is 0 Å². The summed E-state index contributed by atoms with van der Waals surface area (Å²) in [6.45, 7) is -0.365. The minimum atomic E-state index is -1.46. The predicted molar refractivity (Wildman–Crippen MR) is 215 cm³/mol. The minimum Gasteiger partial charge on any atom is -0.497 e. The van der Waals surface area contributed by atoms with Crippen LogP contribution in [0.4, 0.5) is 5.95 Å². The van der Waals surface area contributed by atoms with Crippen LogP contribution < -0.4 is 15.0 Å². The van der Waals surface area contributed by atoms with Crippen molar-refractivity contribution in [2.75, 3.05) is 41.5 Å². The van der Waals surface area contributed by atoms with Crippen molar-refractivity contribution in [2.24, 2.45) is 4.99 Å². The summed E-state index contributed by atoms with van der Waals surface area (Å²) < 4.78 is 32.3. The highest BCUT2D eigenvalue weighted by molar-refractivity contribution is 5.89. The molecule has 4 atom stereocenters. The highest BCUT2D eigenvalue weighted by atomic mass is 16.6. The van der Waals surface area contributed by atoms with E-state index in [0.717, 1.165) is 16.7 Å². The van der Waals surface area contributed by atoms with E-state index in [1.165, 1.54) is 21.8 Å². The van der Waals surface area contributed by atoms with Crippen LogP contribution in [0.3, 0.4) is 0 Å². The molecule has 0 radical (unpaired) electrons. The normalized spacial score (nSPS) is 18.1. The summed E-state index contributed by atoms with van der Waals surface area (Å²) >= 11 is 0. The average molecular weight is 789 g/mol. The van der Waals surface area contributed by atoms with E-state index >= 15 is 0 Å². The number of carbonyl (C=O) groups excluding carboxylic acids is 1. The zero-order valence-corrected chi connectivity index (χ0v) is 32.4. The van der Waals surface area contributed by atoms with Crippen molar-refractivity contribution in [1.82, 2.24) is 24.0 Å². The first-order valence-corrected chi connectivity index (χ1v) is 18.5. The number of imidazole rings is 1. The van der Waals surface area contributed by atoms with Gasteiger partial charge in [-0.2, -0.15) is 4.98 Å². The number of benzene rings is 4. The van der Waals surface area contributed by atoms with E-state index in [-0.39, 0.29) is 36.9 Å². The largest absolute Gasteiger partial charge is 0.497 e. The Kier molecular flexibility index (Phi) is 11.9. The Hall–Kier alpha value is -6.39. The smallest absolute Gasteiger partial charge is 0.338 e. The molecule has 0 aliphatic carbocycles. The van der Waals surface area contributed by atoms with E-state index in [4.69, 9.17) is 23.7 Å². The fourth-order valence-corrected chi connectivity index (χ4v) is 6.91. The predicted octanol–water partition coefficient (Wildman–Crippen LogP) is 4.32. The topological polar surface area (TPSA) is 172 Å². The Morgan fingerprint density at radius 2 is 1.45 bits per heavy atom. The molecule has 4 aromatic carbocycles. The van der Waals surface area contributed by atoms with Crippen LogP contribution in [-0.2, 0) is 26.4 Å². The van der Waals surface area contributed by atoms with Crippen molar-refractivity contribution in [2.45, 2.75) is 36.7 Å². The van der Waals surface area contributed by atoms with Crippen molar-refractivity contribution in [3.05, 3.63) is 148 Å². The number of hydrogen-bond donors (Lipinski definition) is 2. The number of aliphatic imine (C=N–C) groups is 1. The van der Waals surface area contributed by atoms with Crippen LogP contribution in [0, 0.1) is 0 Å². The van der Waals surface area contributed by atoms with E-state index in [1.807, 2.05) is 78.9 Å². The molecule has 0 saturated carbocycles. The van der Waals surface area contributed by atoms with Crippen LogP contribution in [0.5, 0.6) is 11.5 Å². The molecule has 300 valence electrons. The molecule has 15 nitrogen and oxygen atoms in total. The number of ether oxygens (including phenoxy) is 5.